The Kier molecular flexibility index (Phi) is 8.47. The van der Waals surface area contributed by atoms with Gasteiger partial charge in [-0.1, -0.05) is 80.6 Å². The monoisotopic (exact) mass is 466 g/mol. The molecule has 5 nitrogen and oxygen atoms in total. The third-order valence-corrected chi connectivity index (χ3v) is 6.20. The number of rotatable bonds is 8. The van der Waals surface area contributed by atoms with E-state index in [2.05, 4.69) is 76.7 Å². The molecule has 0 spiro atoms. The van der Waals surface area contributed by atoms with Crippen LogP contribution >= 0.6 is 0 Å². The SMILES string of the molecule is CCN(CC)Cc1ccc(/C=C/c2n[nH]c3ccccc23)cc1.O=C(Nc1ccccc1)C1CC1. The molecule has 2 N–H and O–H groups in total. The predicted octanol–water partition coefficient (Wildman–Crippen LogP) is 6.61. The molecule has 4 aromatic rings. The van der Waals surface area contributed by atoms with Gasteiger partial charge < -0.3 is 5.32 Å². The molecular formula is C30H34N4O. The van der Waals surface area contributed by atoms with Gasteiger partial charge in [0.25, 0.3) is 0 Å². The van der Waals surface area contributed by atoms with Crippen LogP contribution in [0.4, 0.5) is 5.69 Å². The standard InChI is InChI=1S/C20H23N3.C10H11NO/c1-3-23(4-2)15-17-11-9-16(10-12-17)13-14-20-18-7-5-6-8-19(18)21-22-20;12-10(8-6-7-8)11-9-4-2-1-3-5-9/h5-14H,3-4,15H2,1-2H3,(H,21,22);1-5,8H,6-7H2,(H,11,12)/b14-13+;. The third kappa shape index (κ3) is 7.14. The summed E-state index contributed by atoms with van der Waals surface area (Å²) in [6.07, 6.45) is 6.29. The Bertz CT molecular complexity index is 1240. The minimum Gasteiger partial charge on any atom is -0.326 e. The number of nitrogens with zero attached hydrogens (tertiary/aromatic N) is 2. The third-order valence-electron chi connectivity index (χ3n) is 6.20. The zero-order valence-electron chi connectivity index (χ0n) is 20.6. The van der Waals surface area contributed by atoms with Gasteiger partial charge in [0, 0.05) is 23.5 Å². The average Bonchev–Trinajstić information content (AvgIpc) is 3.68. The minimum absolute atomic E-state index is 0.168. The molecule has 0 aliphatic heterocycles. The highest BCUT2D eigenvalue weighted by Crippen LogP contribution is 2.30. The summed E-state index contributed by atoms with van der Waals surface area (Å²) in [7, 11) is 0. The van der Waals surface area contributed by atoms with Crippen LogP contribution in [0.2, 0.25) is 0 Å². The lowest BCUT2D eigenvalue weighted by molar-refractivity contribution is -0.117. The highest BCUT2D eigenvalue weighted by Gasteiger charge is 2.29. The topological polar surface area (TPSA) is 61.0 Å². The maximum Gasteiger partial charge on any atom is 0.227 e. The van der Waals surface area contributed by atoms with Crippen molar-refractivity contribution < 1.29 is 4.79 Å². The van der Waals surface area contributed by atoms with Crippen molar-refractivity contribution in [3.05, 3.63) is 95.7 Å². The number of carbonyl (C=O) groups excluding carboxylic acids is 1. The van der Waals surface area contributed by atoms with Gasteiger partial charge in [0.05, 0.1) is 11.2 Å². The van der Waals surface area contributed by atoms with Crippen LogP contribution in [0.5, 0.6) is 0 Å². The maximum atomic E-state index is 11.3. The number of fused-ring (bicyclic) bond motifs is 1. The van der Waals surface area contributed by atoms with Gasteiger partial charge in [0.1, 0.15) is 0 Å². The fourth-order valence-electron chi connectivity index (χ4n) is 3.84. The second kappa shape index (κ2) is 12.1. The molecule has 5 rings (SSSR count). The van der Waals surface area contributed by atoms with Gasteiger partial charge in [-0.15, -0.1) is 0 Å². The maximum absolute atomic E-state index is 11.3. The molecule has 0 radical (unpaired) electrons. The van der Waals surface area contributed by atoms with Crippen molar-refractivity contribution in [2.45, 2.75) is 33.2 Å². The van der Waals surface area contributed by atoms with Crippen molar-refractivity contribution >= 4 is 34.6 Å². The molecule has 0 atom stereocenters. The largest absolute Gasteiger partial charge is 0.326 e. The average molecular weight is 467 g/mol. The van der Waals surface area contributed by atoms with Gasteiger partial charge in [-0.2, -0.15) is 5.10 Å². The number of hydrogen-bond acceptors (Lipinski definition) is 3. The van der Waals surface area contributed by atoms with Gasteiger partial charge >= 0.3 is 0 Å². The van der Waals surface area contributed by atoms with Gasteiger partial charge in [-0.3, -0.25) is 14.8 Å². The molecule has 1 aliphatic rings. The lowest BCUT2D eigenvalue weighted by Crippen LogP contribution is -2.21. The lowest BCUT2D eigenvalue weighted by Gasteiger charge is -2.17. The van der Waals surface area contributed by atoms with E-state index in [0.29, 0.717) is 0 Å². The number of aromatic amines is 1. The molecule has 1 amide bonds. The fourth-order valence-corrected chi connectivity index (χ4v) is 3.84. The molecule has 0 unspecified atom stereocenters. The Hall–Kier alpha value is -3.70. The van der Waals surface area contributed by atoms with E-state index in [1.807, 2.05) is 48.5 Å². The highest BCUT2D eigenvalue weighted by molar-refractivity contribution is 5.94. The number of carbonyl (C=O) groups is 1. The Morgan fingerprint density at radius 3 is 2.31 bits per heavy atom. The molecule has 5 heteroatoms. The van der Waals surface area contributed by atoms with Crippen molar-refractivity contribution in [1.29, 1.82) is 0 Å². The van der Waals surface area contributed by atoms with E-state index in [-0.39, 0.29) is 11.8 Å². The smallest absolute Gasteiger partial charge is 0.227 e. The van der Waals surface area contributed by atoms with E-state index >= 15 is 0 Å². The molecule has 1 aliphatic carbocycles. The van der Waals surface area contributed by atoms with E-state index in [0.717, 1.165) is 54.8 Å². The summed E-state index contributed by atoms with van der Waals surface area (Å²) in [6, 6.07) is 26.5. The molecular weight excluding hydrogens is 432 g/mol. The number of hydrogen-bond donors (Lipinski definition) is 2. The molecule has 1 saturated carbocycles. The number of aromatic nitrogens is 2. The fraction of sp³-hybridized carbons (Fsp3) is 0.267. The summed E-state index contributed by atoms with van der Waals surface area (Å²) in [5, 5.41) is 11.5. The summed E-state index contributed by atoms with van der Waals surface area (Å²) in [6.45, 7) is 7.60. The van der Waals surface area contributed by atoms with Gasteiger partial charge in [0.2, 0.25) is 5.91 Å². The molecule has 1 fully saturated rings. The Morgan fingerprint density at radius 2 is 1.63 bits per heavy atom. The van der Waals surface area contributed by atoms with Crippen LogP contribution in [0.3, 0.4) is 0 Å². The van der Waals surface area contributed by atoms with E-state index in [9.17, 15) is 4.79 Å². The quantitative estimate of drug-likeness (QED) is 0.307. The van der Waals surface area contributed by atoms with E-state index < -0.39 is 0 Å². The second-order valence-corrected chi connectivity index (χ2v) is 8.82. The van der Waals surface area contributed by atoms with Crippen molar-refractivity contribution in [2.24, 2.45) is 5.92 Å². The van der Waals surface area contributed by atoms with Crippen LogP contribution in [0.1, 0.15) is 43.5 Å². The summed E-state index contributed by atoms with van der Waals surface area (Å²) < 4.78 is 0. The number of benzene rings is 3. The van der Waals surface area contributed by atoms with E-state index in [1.54, 1.807) is 0 Å². The van der Waals surface area contributed by atoms with Crippen LogP contribution in [0.25, 0.3) is 23.1 Å². The van der Waals surface area contributed by atoms with Gasteiger partial charge in [0.15, 0.2) is 0 Å². The van der Waals surface area contributed by atoms with Crippen molar-refractivity contribution in [3.8, 4) is 0 Å². The minimum atomic E-state index is 0.168. The normalized spacial score (nSPS) is 13.1. The van der Waals surface area contributed by atoms with Crippen LogP contribution in [-0.2, 0) is 11.3 Å². The van der Waals surface area contributed by atoms with E-state index in [1.165, 1.54) is 11.1 Å². The van der Waals surface area contributed by atoms with Gasteiger partial charge in [-0.25, -0.2) is 0 Å². The number of amides is 1. The Balaban J connectivity index is 0.000000201. The summed E-state index contributed by atoms with van der Waals surface area (Å²) in [5.74, 6) is 0.450. The lowest BCUT2D eigenvalue weighted by atomic mass is 10.1. The molecule has 0 saturated heterocycles. The van der Waals surface area contributed by atoms with Crippen LogP contribution < -0.4 is 5.32 Å². The van der Waals surface area contributed by atoms with Crippen LogP contribution in [0.15, 0.2) is 78.9 Å². The first-order valence-corrected chi connectivity index (χ1v) is 12.4. The summed E-state index contributed by atoms with van der Waals surface area (Å²) in [5.41, 5.74) is 5.50. The molecule has 180 valence electrons. The number of anilines is 1. The highest BCUT2D eigenvalue weighted by atomic mass is 16.2. The first kappa shape index (κ1) is 24.4. The van der Waals surface area contributed by atoms with Crippen LogP contribution in [0, 0.1) is 5.92 Å². The van der Waals surface area contributed by atoms with Crippen LogP contribution in [-0.4, -0.2) is 34.1 Å². The zero-order valence-corrected chi connectivity index (χ0v) is 20.6. The summed E-state index contributed by atoms with van der Waals surface area (Å²) >= 11 is 0. The Morgan fingerprint density at radius 1 is 0.943 bits per heavy atom. The molecule has 0 bridgehead atoms. The first-order valence-electron chi connectivity index (χ1n) is 12.4. The Labute approximate surface area is 207 Å². The number of nitrogens with one attached hydrogen (secondary N) is 2. The molecule has 3 aromatic carbocycles. The summed E-state index contributed by atoms with van der Waals surface area (Å²) in [4.78, 5) is 13.7. The zero-order chi connectivity index (χ0) is 24.5. The number of para-hydroxylation sites is 2. The second-order valence-electron chi connectivity index (χ2n) is 8.82. The molecule has 1 aromatic heterocycles. The van der Waals surface area contributed by atoms with Crippen molar-refractivity contribution in [1.82, 2.24) is 15.1 Å². The van der Waals surface area contributed by atoms with E-state index in [4.69, 9.17) is 0 Å². The number of H-pyrrole nitrogens is 1. The molecule has 1 heterocycles. The molecule has 35 heavy (non-hydrogen) atoms. The predicted molar refractivity (Wildman–Crippen MR) is 146 cm³/mol. The van der Waals surface area contributed by atoms with Gasteiger partial charge in [-0.05, 0) is 61.3 Å². The van der Waals surface area contributed by atoms with Crippen molar-refractivity contribution in [2.75, 3.05) is 18.4 Å². The first-order chi connectivity index (χ1) is 17.2. The van der Waals surface area contributed by atoms with Crippen molar-refractivity contribution in [3.63, 3.8) is 0 Å².